The van der Waals surface area contributed by atoms with Crippen LogP contribution < -0.4 is 15.5 Å². The van der Waals surface area contributed by atoms with Crippen LogP contribution in [0.5, 0.6) is 0 Å². The van der Waals surface area contributed by atoms with E-state index in [0.717, 1.165) is 31.0 Å². The number of hydrogen-bond donors (Lipinski definition) is 2. The van der Waals surface area contributed by atoms with Crippen molar-refractivity contribution < 1.29 is 9.59 Å². The van der Waals surface area contributed by atoms with Crippen LogP contribution in [0.15, 0.2) is 24.3 Å². The molecule has 0 spiro atoms. The Kier molecular flexibility index (Phi) is 6.42. The fourth-order valence-electron chi connectivity index (χ4n) is 2.84. The number of hydrogen-bond acceptors (Lipinski definition) is 4. The Morgan fingerprint density at radius 2 is 1.64 bits per heavy atom. The number of rotatable bonds is 9. The van der Waals surface area contributed by atoms with Crippen molar-refractivity contribution >= 4 is 23.2 Å². The molecule has 25 heavy (non-hydrogen) atoms. The summed E-state index contributed by atoms with van der Waals surface area (Å²) in [6.07, 6.45) is 1.23. The zero-order valence-corrected chi connectivity index (χ0v) is 15.8. The lowest BCUT2D eigenvalue weighted by Gasteiger charge is -2.21. The minimum atomic E-state index is -0.885. The number of anilines is 2. The summed E-state index contributed by atoms with van der Waals surface area (Å²) in [4.78, 5) is 29.2. The van der Waals surface area contributed by atoms with Crippen LogP contribution in [0.2, 0.25) is 0 Å². The van der Waals surface area contributed by atoms with Crippen molar-refractivity contribution in [2.75, 3.05) is 50.5 Å². The summed E-state index contributed by atoms with van der Waals surface area (Å²) in [5, 5.41) is 5.77. The maximum Gasteiger partial charge on any atom is 0.240 e. The van der Waals surface area contributed by atoms with E-state index < -0.39 is 5.41 Å². The molecule has 1 aromatic carbocycles. The van der Waals surface area contributed by atoms with Gasteiger partial charge in [-0.1, -0.05) is 0 Å². The number of benzene rings is 1. The molecular formula is C19H30N4O2. The van der Waals surface area contributed by atoms with E-state index in [4.69, 9.17) is 0 Å². The minimum absolute atomic E-state index is 0.161. The van der Waals surface area contributed by atoms with Gasteiger partial charge in [0.15, 0.2) is 0 Å². The highest BCUT2D eigenvalue weighted by atomic mass is 16.2. The summed E-state index contributed by atoms with van der Waals surface area (Å²) >= 11 is 0. The van der Waals surface area contributed by atoms with Gasteiger partial charge in [0, 0.05) is 37.6 Å². The zero-order valence-electron chi connectivity index (χ0n) is 15.8. The Morgan fingerprint density at radius 3 is 2.12 bits per heavy atom. The monoisotopic (exact) mass is 346 g/mol. The fraction of sp³-hybridized carbons (Fsp3) is 0.579. The van der Waals surface area contributed by atoms with E-state index in [2.05, 4.69) is 29.4 Å². The van der Waals surface area contributed by atoms with Gasteiger partial charge in [0.2, 0.25) is 11.8 Å². The molecule has 2 rings (SSSR count). The van der Waals surface area contributed by atoms with E-state index in [1.165, 1.54) is 0 Å². The molecule has 0 bridgehead atoms. The largest absolute Gasteiger partial charge is 0.372 e. The molecule has 0 aromatic heterocycles. The van der Waals surface area contributed by atoms with Gasteiger partial charge in [-0.25, -0.2) is 0 Å². The molecular weight excluding hydrogens is 316 g/mol. The molecule has 2 N–H and O–H groups in total. The molecule has 1 aliphatic carbocycles. The topological polar surface area (TPSA) is 64.7 Å². The van der Waals surface area contributed by atoms with Crippen LogP contribution >= 0.6 is 0 Å². The van der Waals surface area contributed by atoms with E-state index in [0.29, 0.717) is 19.4 Å². The summed E-state index contributed by atoms with van der Waals surface area (Å²) in [6.45, 7) is 7.43. The SMILES string of the molecule is CCN(CC)c1ccc(NC(=O)C2(C(=O)NCCN(C)C)CC2)cc1. The molecule has 138 valence electrons. The third-order valence-corrected chi connectivity index (χ3v) is 4.72. The van der Waals surface area contributed by atoms with Crippen molar-refractivity contribution in [2.45, 2.75) is 26.7 Å². The predicted octanol–water partition coefficient (Wildman–Crippen LogP) is 1.93. The Balaban J connectivity index is 1.93. The first-order valence-corrected chi connectivity index (χ1v) is 9.02. The lowest BCUT2D eigenvalue weighted by atomic mass is 10.0. The van der Waals surface area contributed by atoms with Gasteiger partial charge in [0.25, 0.3) is 0 Å². The van der Waals surface area contributed by atoms with E-state index >= 15 is 0 Å². The van der Waals surface area contributed by atoms with Crippen molar-refractivity contribution in [1.82, 2.24) is 10.2 Å². The number of nitrogens with one attached hydrogen (secondary N) is 2. The molecule has 1 aliphatic rings. The molecule has 1 aromatic rings. The van der Waals surface area contributed by atoms with Crippen molar-refractivity contribution in [3.63, 3.8) is 0 Å². The Labute approximate surface area is 150 Å². The number of likely N-dealkylation sites (N-methyl/N-ethyl adjacent to an activating group) is 1. The number of amides is 2. The van der Waals surface area contributed by atoms with Crippen molar-refractivity contribution in [3.05, 3.63) is 24.3 Å². The highest BCUT2D eigenvalue weighted by Gasteiger charge is 2.56. The zero-order chi connectivity index (χ0) is 18.4. The molecule has 1 fully saturated rings. The second-order valence-corrected chi connectivity index (χ2v) is 6.81. The summed E-state index contributed by atoms with van der Waals surface area (Å²) in [5.74, 6) is -0.364. The molecule has 0 saturated heterocycles. The maximum atomic E-state index is 12.6. The highest BCUT2D eigenvalue weighted by molar-refractivity contribution is 6.13. The minimum Gasteiger partial charge on any atom is -0.372 e. The summed E-state index contributed by atoms with van der Waals surface area (Å²) in [6, 6.07) is 7.79. The molecule has 0 heterocycles. The standard InChI is InChI=1S/C19H30N4O2/c1-5-23(6-2)16-9-7-15(8-10-16)21-18(25)19(11-12-19)17(24)20-13-14-22(3)4/h7-10H,5-6,11-14H2,1-4H3,(H,20,24)(H,21,25). The van der Waals surface area contributed by atoms with E-state index in [9.17, 15) is 9.59 Å². The van der Waals surface area contributed by atoms with Crippen LogP contribution in [-0.2, 0) is 9.59 Å². The summed E-state index contributed by atoms with van der Waals surface area (Å²) < 4.78 is 0. The van der Waals surface area contributed by atoms with Gasteiger partial charge in [-0.3, -0.25) is 9.59 Å². The quantitative estimate of drug-likeness (QED) is 0.671. The van der Waals surface area contributed by atoms with Crippen molar-refractivity contribution in [2.24, 2.45) is 5.41 Å². The van der Waals surface area contributed by atoms with Crippen LogP contribution in [-0.4, -0.2) is 57.0 Å². The molecule has 0 radical (unpaired) electrons. The van der Waals surface area contributed by atoms with Crippen LogP contribution in [0.1, 0.15) is 26.7 Å². The lowest BCUT2D eigenvalue weighted by Crippen LogP contribution is -2.42. The third-order valence-electron chi connectivity index (χ3n) is 4.72. The first kappa shape index (κ1) is 19.2. The number of carbonyl (C=O) groups excluding carboxylic acids is 2. The van der Waals surface area contributed by atoms with E-state index in [-0.39, 0.29) is 11.8 Å². The van der Waals surface area contributed by atoms with Gasteiger partial charge in [-0.15, -0.1) is 0 Å². The first-order chi connectivity index (χ1) is 11.9. The van der Waals surface area contributed by atoms with Gasteiger partial charge < -0.3 is 20.4 Å². The lowest BCUT2D eigenvalue weighted by molar-refractivity contribution is -0.134. The second kappa shape index (κ2) is 8.34. The average molecular weight is 346 g/mol. The second-order valence-electron chi connectivity index (χ2n) is 6.81. The van der Waals surface area contributed by atoms with Crippen LogP contribution in [0.25, 0.3) is 0 Å². The number of nitrogens with zero attached hydrogens (tertiary/aromatic N) is 2. The van der Waals surface area contributed by atoms with Gasteiger partial charge in [0.05, 0.1) is 0 Å². The summed E-state index contributed by atoms with van der Waals surface area (Å²) in [5.41, 5.74) is 0.975. The average Bonchev–Trinajstić information content (AvgIpc) is 3.39. The molecule has 0 unspecified atom stereocenters. The Morgan fingerprint density at radius 1 is 1.04 bits per heavy atom. The van der Waals surface area contributed by atoms with Crippen LogP contribution in [0.4, 0.5) is 11.4 Å². The Bertz CT molecular complexity index is 590. The number of carbonyl (C=O) groups is 2. The Hall–Kier alpha value is -2.08. The maximum absolute atomic E-state index is 12.6. The molecule has 1 saturated carbocycles. The van der Waals surface area contributed by atoms with Crippen molar-refractivity contribution in [1.29, 1.82) is 0 Å². The van der Waals surface area contributed by atoms with Gasteiger partial charge in [-0.05, 0) is 65.0 Å². The normalized spacial score (nSPS) is 14.9. The highest BCUT2D eigenvalue weighted by Crippen LogP contribution is 2.46. The van der Waals surface area contributed by atoms with Gasteiger partial charge >= 0.3 is 0 Å². The first-order valence-electron chi connectivity index (χ1n) is 9.02. The molecule has 2 amide bonds. The van der Waals surface area contributed by atoms with Crippen LogP contribution in [0, 0.1) is 5.41 Å². The summed E-state index contributed by atoms with van der Waals surface area (Å²) in [7, 11) is 3.90. The smallest absolute Gasteiger partial charge is 0.240 e. The van der Waals surface area contributed by atoms with E-state index in [1.807, 2.05) is 43.3 Å². The van der Waals surface area contributed by atoms with Crippen molar-refractivity contribution in [3.8, 4) is 0 Å². The third kappa shape index (κ3) is 4.72. The fourth-order valence-corrected chi connectivity index (χ4v) is 2.84. The molecule has 0 atom stereocenters. The van der Waals surface area contributed by atoms with Gasteiger partial charge in [-0.2, -0.15) is 0 Å². The van der Waals surface area contributed by atoms with Crippen LogP contribution in [0.3, 0.4) is 0 Å². The molecule has 6 nitrogen and oxygen atoms in total. The predicted molar refractivity (Wildman–Crippen MR) is 102 cm³/mol. The molecule has 6 heteroatoms. The van der Waals surface area contributed by atoms with Gasteiger partial charge in [0.1, 0.15) is 5.41 Å². The van der Waals surface area contributed by atoms with E-state index in [1.54, 1.807) is 0 Å². The molecule has 0 aliphatic heterocycles.